The fraction of sp³-hybridized carbons (Fsp3) is 0.846. The number of rotatable bonds is 5. The van der Waals surface area contributed by atoms with Gasteiger partial charge in [0.15, 0.2) is 0 Å². The molecule has 6 nitrogen and oxygen atoms in total. The minimum absolute atomic E-state index is 0.0958. The summed E-state index contributed by atoms with van der Waals surface area (Å²) in [7, 11) is 1.92. The average molecular weight is 266 g/mol. The Bertz CT molecular complexity index is 419. The number of hydrogen-bond donors (Lipinski definition) is 2. The molecule has 6 heteroatoms. The highest BCUT2D eigenvalue weighted by Gasteiger charge is 2.29. The van der Waals surface area contributed by atoms with E-state index in [1.54, 1.807) is 0 Å². The highest BCUT2D eigenvalue weighted by molar-refractivity contribution is 5.25. The largest absolute Gasteiger partial charge is 0.407 e. The van der Waals surface area contributed by atoms with E-state index >= 15 is 0 Å². The second kappa shape index (κ2) is 5.46. The molecule has 2 atom stereocenters. The van der Waals surface area contributed by atoms with Crippen molar-refractivity contribution in [3.05, 3.63) is 5.89 Å². The molecule has 106 valence electrons. The Morgan fingerprint density at radius 2 is 2.05 bits per heavy atom. The molecule has 0 radical (unpaired) electrons. The van der Waals surface area contributed by atoms with Gasteiger partial charge in [-0.25, -0.2) is 0 Å². The van der Waals surface area contributed by atoms with Gasteiger partial charge < -0.3 is 19.7 Å². The van der Waals surface area contributed by atoms with Crippen LogP contribution < -0.4 is 10.2 Å². The van der Waals surface area contributed by atoms with Crippen molar-refractivity contribution in [2.45, 2.75) is 63.3 Å². The van der Waals surface area contributed by atoms with Gasteiger partial charge in [-0.05, 0) is 25.7 Å². The van der Waals surface area contributed by atoms with Crippen LogP contribution in [0.3, 0.4) is 0 Å². The summed E-state index contributed by atoms with van der Waals surface area (Å²) in [5.74, 6) is 0.624. The molecule has 2 saturated carbocycles. The zero-order valence-corrected chi connectivity index (χ0v) is 11.4. The Balaban J connectivity index is 1.60. The van der Waals surface area contributed by atoms with E-state index in [2.05, 4.69) is 15.5 Å². The van der Waals surface area contributed by atoms with E-state index in [9.17, 15) is 5.11 Å². The lowest BCUT2D eigenvalue weighted by atomic mass is 9.92. The summed E-state index contributed by atoms with van der Waals surface area (Å²) in [6, 6.07) is 1.24. The van der Waals surface area contributed by atoms with Crippen molar-refractivity contribution in [1.29, 1.82) is 0 Å². The number of nitrogens with one attached hydrogen (secondary N) is 1. The Hall–Kier alpha value is -1.14. The maximum atomic E-state index is 10.0. The van der Waals surface area contributed by atoms with E-state index in [1.165, 1.54) is 12.8 Å². The normalized spacial score (nSPS) is 27.5. The standard InChI is InChI=1S/C13H22N4O2/c1-17(10-4-2-3-5-11(10)18)13-16-15-12(19-13)8-14-9-6-7-9/h9-11,14,18H,2-8H2,1H3. The number of hydrogen-bond acceptors (Lipinski definition) is 6. The van der Waals surface area contributed by atoms with Gasteiger partial charge in [-0.2, -0.15) is 0 Å². The summed E-state index contributed by atoms with van der Waals surface area (Å²) in [5.41, 5.74) is 0. The number of likely N-dealkylation sites (N-methyl/N-ethyl adjacent to an activating group) is 1. The van der Waals surface area contributed by atoms with Crippen molar-refractivity contribution >= 4 is 6.01 Å². The van der Waals surface area contributed by atoms with Crippen LogP contribution in [-0.2, 0) is 6.54 Å². The first kappa shape index (κ1) is 12.9. The van der Waals surface area contributed by atoms with E-state index < -0.39 is 0 Å². The fourth-order valence-corrected chi connectivity index (χ4v) is 2.66. The van der Waals surface area contributed by atoms with Crippen LogP contribution in [0.15, 0.2) is 4.42 Å². The third-order valence-corrected chi connectivity index (χ3v) is 4.07. The molecular formula is C13H22N4O2. The highest BCUT2D eigenvalue weighted by atomic mass is 16.4. The predicted molar refractivity (Wildman–Crippen MR) is 70.8 cm³/mol. The van der Waals surface area contributed by atoms with E-state index in [-0.39, 0.29) is 12.1 Å². The zero-order chi connectivity index (χ0) is 13.2. The molecular weight excluding hydrogens is 244 g/mol. The fourth-order valence-electron chi connectivity index (χ4n) is 2.66. The van der Waals surface area contributed by atoms with Gasteiger partial charge in [0.25, 0.3) is 0 Å². The first-order valence-electron chi connectivity index (χ1n) is 7.20. The van der Waals surface area contributed by atoms with Crippen LogP contribution >= 0.6 is 0 Å². The number of aromatic nitrogens is 2. The van der Waals surface area contributed by atoms with Crippen molar-refractivity contribution in [1.82, 2.24) is 15.5 Å². The zero-order valence-electron chi connectivity index (χ0n) is 11.4. The smallest absolute Gasteiger partial charge is 0.318 e. The SMILES string of the molecule is CN(c1nnc(CNC2CC2)o1)C1CCCCC1O. The molecule has 2 aliphatic carbocycles. The maximum absolute atomic E-state index is 10.0. The summed E-state index contributed by atoms with van der Waals surface area (Å²) in [6.45, 7) is 0.638. The van der Waals surface area contributed by atoms with E-state index in [1.807, 2.05) is 11.9 Å². The van der Waals surface area contributed by atoms with Gasteiger partial charge in [-0.1, -0.05) is 17.9 Å². The van der Waals surface area contributed by atoms with Crippen molar-refractivity contribution in [2.75, 3.05) is 11.9 Å². The number of nitrogens with zero attached hydrogens (tertiary/aromatic N) is 3. The van der Waals surface area contributed by atoms with Crippen LogP contribution in [0.5, 0.6) is 0 Å². The van der Waals surface area contributed by atoms with Crippen LogP contribution in [0.2, 0.25) is 0 Å². The summed E-state index contributed by atoms with van der Waals surface area (Å²) in [4.78, 5) is 1.93. The van der Waals surface area contributed by atoms with Gasteiger partial charge in [0.2, 0.25) is 5.89 Å². The van der Waals surface area contributed by atoms with Crippen molar-refractivity contribution in [3.8, 4) is 0 Å². The summed E-state index contributed by atoms with van der Waals surface area (Å²) >= 11 is 0. The molecule has 0 spiro atoms. The average Bonchev–Trinajstić information content (AvgIpc) is 3.13. The topological polar surface area (TPSA) is 74.4 Å². The van der Waals surface area contributed by atoms with Crippen LogP contribution in [0, 0.1) is 0 Å². The van der Waals surface area contributed by atoms with Crippen LogP contribution in [0.1, 0.15) is 44.4 Å². The lowest BCUT2D eigenvalue weighted by Gasteiger charge is -2.33. The molecule has 1 aromatic rings. The minimum Gasteiger partial charge on any atom is -0.407 e. The molecule has 0 amide bonds. The first-order valence-corrected chi connectivity index (χ1v) is 7.20. The molecule has 0 aromatic carbocycles. The Morgan fingerprint density at radius 3 is 2.79 bits per heavy atom. The van der Waals surface area contributed by atoms with Crippen molar-refractivity contribution in [3.63, 3.8) is 0 Å². The van der Waals surface area contributed by atoms with Gasteiger partial charge >= 0.3 is 6.01 Å². The van der Waals surface area contributed by atoms with Crippen LogP contribution in [0.25, 0.3) is 0 Å². The van der Waals surface area contributed by atoms with Crippen molar-refractivity contribution in [2.24, 2.45) is 0 Å². The van der Waals surface area contributed by atoms with Crippen molar-refractivity contribution < 1.29 is 9.52 Å². The number of anilines is 1. The molecule has 2 fully saturated rings. The molecule has 0 aliphatic heterocycles. The first-order chi connectivity index (χ1) is 9.24. The lowest BCUT2D eigenvalue weighted by molar-refractivity contribution is 0.104. The summed E-state index contributed by atoms with van der Waals surface area (Å²) in [5, 5.41) is 21.5. The molecule has 3 rings (SSSR count). The Labute approximate surface area is 113 Å². The van der Waals surface area contributed by atoms with Gasteiger partial charge in [0.1, 0.15) is 0 Å². The van der Waals surface area contributed by atoms with E-state index in [4.69, 9.17) is 4.42 Å². The molecule has 2 unspecified atom stereocenters. The predicted octanol–water partition coefficient (Wildman–Crippen LogP) is 1.06. The third-order valence-electron chi connectivity index (χ3n) is 4.07. The van der Waals surface area contributed by atoms with Gasteiger partial charge in [-0.3, -0.25) is 0 Å². The van der Waals surface area contributed by atoms with E-state index in [0.29, 0.717) is 24.5 Å². The molecule has 1 aromatic heterocycles. The third kappa shape index (κ3) is 3.06. The molecule has 1 heterocycles. The summed E-state index contributed by atoms with van der Waals surface area (Å²) < 4.78 is 5.66. The number of aliphatic hydroxyl groups is 1. The Kier molecular flexibility index (Phi) is 3.70. The molecule has 0 saturated heterocycles. The molecule has 19 heavy (non-hydrogen) atoms. The van der Waals surface area contributed by atoms with Crippen LogP contribution in [0.4, 0.5) is 6.01 Å². The minimum atomic E-state index is -0.293. The maximum Gasteiger partial charge on any atom is 0.318 e. The highest BCUT2D eigenvalue weighted by Crippen LogP contribution is 2.26. The molecule has 2 N–H and O–H groups in total. The second-order valence-corrected chi connectivity index (χ2v) is 5.66. The molecule has 0 bridgehead atoms. The van der Waals surface area contributed by atoms with Gasteiger partial charge in [0.05, 0.1) is 18.7 Å². The number of aliphatic hydroxyl groups excluding tert-OH is 1. The second-order valence-electron chi connectivity index (χ2n) is 5.66. The quantitative estimate of drug-likeness (QED) is 0.830. The van der Waals surface area contributed by atoms with Gasteiger partial charge in [-0.15, -0.1) is 5.10 Å². The van der Waals surface area contributed by atoms with Crippen LogP contribution in [-0.4, -0.2) is 40.5 Å². The lowest BCUT2D eigenvalue weighted by Crippen LogP contribution is -2.43. The molecule has 2 aliphatic rings. The Morgan fingerprint density at radius 1 is 1.26 bits per heavy atom. The summed E-state index contributed by atoms with van der Waals surface area (Å²) in [6.07, 6.45) is 6.29. The van der Waals surface area contributed by atoms with Gasteiger partial charge in [0, 0.05) is 13.1 Å². The van der Waals surface area contributed by atoms with E-state index in [0.717, 1.165) is 25.7 Å². The monoisotopic (exact) mass is 266 g/mol.